The Balaban J connectivity index is 2.33. The standard InChI is InChI=1S/C14H16IN3O4/c1-14(2,3)22-10(19)7-18-12-9(11(15)17-18)5-8(6-16-12)13(20)21-4/h5-6H,7H2,1-4H3. The highest BCUT2D eigenvalue weighted by Gasteiger charge is 2.20. The summed E-state index contributed by atoms with van der Waals surface area (Å²) in [5, 5.41) is 4.96. The SMILES string of the molecule is COC(=O)c1cnc2c(c1)c(I)nn2CC(=O)OC(C)(C)C. The minimum Gasteiger partial charge on any atom is -0.465 e. The number of hydrogen-bond acceptors (Lipinski definition) is 6. The predicted molar refractivity (Wildman–Crippen MR) is 87.4 cm³/mol. The summed E-state index contributed by atoms with van der Waals surface area (Å²) in [5.74, 6) is -0.864. The molecule has 0 aliphatic rings. The molecule has 2 heterocycles. The molecule has 0 aromatic carbocycles. The van der Waals surface area contributed by atoms with Crippen LogP contribution in [0.25, 0.3) is 11.0 Å². The molecule has 2 aromatic heterocycles. The third-order valence-corrected chi connectivity index (χ3v) is 3.46. The zero-order valence-corrected chi connectivity index (χ0v) is 14.9. The van der Waals surface area contributed by atoms with Crippen LogP contribution in [0.2, 0.25) is 0 Å². The van der Waals surface area contributed by atoms with Crippen LogP contribution in [0.4, 0.5) is 0 Å². The molecule has 0 aliphatic heterocycles. The Morgan fingerprint density at radius 1 is 1.36 bits per heavy atom. The topological polar surface area (TPSA) is 83.3 Å². The van der Waals surface area contributed by atoms with Crippen LogP contribution in [-0.4, -0.2) is 39.4 Å². The lowest BCUT2D eigenvalue weighted by Crippen LogP contribution is -2.26. The molecule has 0 spiro atoms. The van der Waals surface area contributed by atoms with Gasteiger partial charge in [0.25, 0.3) is 0 Å². The molecule has 0 fully saturated rings. The summed E-state index contributed by atoms with van der Waals surface area (Å²) >= 11 is 2.03. The van der Waals surface area contributed by atoms with E-state index in [-0.39, 0.29) is 6.54 Å². The van der Waals surface area contributed by atoms with E-state index in [0.717, 1.165) is 0 Å². The largest absolute Gasteiger partial charge is 0.465 e. The fraction of sp³-hybridized carbons (Fsp3) is 0.429. The number of carbonyl (C=O) groups is 2. The number of aromatic nitrogens is 3. The van der Waals surface area contributed by atoms with Crippen molar-refractivity contribution < 1.29 is 19.1 Å². The Labute approximate surface area is 141 Å². The van der Waals surface area contributed by atoms with Gasteiger partial charge in [-0.05, 0) is 49.4 Å². The molecule has 22 heavy (non-hydrogen) atoms. The number of esters is 2. The molecule has 0 unspecified atom stereocenters. The first-order valence-corrected chi connectivity index (χ1v) is 7.61. The summed E-state index contributed by atoms with van der Waals surface area (Å²) < 4.78 is 12.1. The summed E-state index contributed by atoms with van der Waals surface area (Å²) in [6.45, 7) is 5.37. The van der Waals surface area contributed by atoms with E-state index in [1.54, 1.807) is 26.8 Å². The molecule has 0 N–H and O–H groups in total. The Bertz CT molecular complexity index is 733. The number of carbonyl (C=O) groups excluding carboxylic acids is 2. The molecule has 0 radical (unpaired) electrons. The van der Waals surface area contributed by atoms with Crippen LogP contribution < -0.4 is 0 Å². The summed E-state index contributed by atoms with van der Waals surface area (Å²) in [5.41, 5.74) is 0.297. The maximum atomic E-state index is 11.9. The molecule has 0 amide bonds. The highest BCUT2D eigenvalue weighted by atomic mass is 127. The van der Waals surface area contributed by atoms with E-state index in [4.69, 9.17) is 4.74 Å². The van der Waals surface area contributed by atoms with Crippen LogP contribution in [0.5, 0.6) is 0 Å². The lowest BCUT2D eigenvalue weighted by atomic mass is 10.2. The van der Waals surface area contributed by atoms with Crippen LogP contribution >= 0.6 is 22.6 Å². The first-order chi connectivity index (χ1) is 10.2. The van der Waals surface area contributed by atoms with Gasteiger partial charge in [0, 0.05) is 6.20 Å². The lowest BCUT2D eigenvalue weighted by Gasteiger charge is -2.19. The van der Waals surface area contributed by atoms with Crippen LogP contribution in [-0.2, 0) is 20.8 Å². The molecule has 0 aliphatic carbocycles. The van der Waals surface area contributed by atoms with Crippen LogP contribution in [0.1, 0.15) is 31.1 Å². The molecule has 2 aromatic rings. The van der Waals surface area contributed by atoms with Crippen LogP contribution in [0.15, 0.2) is 12.3 Å². The van der Waals surface area contributed by atoms with Crippen molar-refractivity contribution in [2.45, 2.75) is 32.9 Å². The second-order valence-electron chi connectivity index (χ2n) is 5.62. The second kappa shape index (κ2) is 6.19. The fourth-order valence-corrected chi connectivity index (χ4v) is 2.52. The van der Waals surface area contributed by atoms with Crippen LogP contribution in [0, 0.1) is 3.70 Å². The van der Waals surface area contributed by atoms with E-state index in [2.05, 4.69) is 14.8 Å². The number of pyridine rings is 1. The predicted octanol–water partition coefficient (Wildman–Crippen LogP) is 2.16. The first-order valence-electron chi connectivity index (χ1n) is 6.53. The average Bonchev–Trinajstić information content (AvgIpc) is 2.72. The number of nitrogens with zero attached hydrogens (tertiary/aromatic N) is 3. The summed E-state index contributed by atoms with van der Waals surface area (Å²) in [6.07, 6.45) is 1.40. The number of hydrogen-bond donors (Lipinski definition) is 0. The van der Waals surface area contributed by atoms with E-state index < -0.39 is 17.5 Å². The van der Waals surface area contributed by atoms with E-state index in [1.807, 2.05) is 22.6 Å². The van der Waals surface area contributed by atoms with Gasteiger partial charge in [0.15, 0.2) is 5.65 Å². The normalized spacial score (nSPS) is 11.5. The highest BCUT2D eigenvalue weighted by Crippen LogP contribution is 2.20. The maximum Gasteiger partial charge on any atom is 0.339 e. The number of fused-ring (bicyclic) bond motifs is 1. The number of halogens is 1. The van der Waals surface area contributed by atoms with Crippen molar-refractivity contribution in [2.24, 2.45) is 0 Å². The Morgan fingerprint density at radius 2 is 2.05 bits per heavy atom. The number of methoxy groups -OCH3 is 1. The Morgan fingerprint density at radius 3 is 2.64 bits per heavy atom. The van der Waals surface area contributed by atoms with E-state index >= 15 is 0 Å². The van der Waals surface area contributed by atoms with Gasteiger partial charge in [0.05, 0.1) is 18.1 Å². The highest BCUT2D eigenvalue weighted by molar-refractivity contribution is 14.1. The van der Waals surface area contributed by atoms with Gasteiger partial charge in [-0.1, -0.05) is 0 Å². The van der Waals surface area contributed by atoms with Crippen molar-refractivity contribution in [3.8, 4) is 0 Å². The Kier molecular flexibility index (Phi) is 4.69. The third kappa shape index (κ3) is 3.73. The smallest absolute Gasteiger partial charge is 0.339 e. The minimum absolute atomic E-state index is 0.0403. The molecule has 0 saturated heterocycles. The fourth-order valence-electron chi connectivity index (χ4n) is 1.86. The van der Waals surface area contributed by atoms with Gasteiger partial charge < -0.3 is 9.47 Å². The van der Waals surface area contributed by atoms with Crippen LogP contribution in [0.3, 0.4) is 0 Å². The minimum atomic E-state index is -0.557. The molecule has 7 nitrogen and oxygen atoms in total. The molecule has 8 heteroatoms. The lowest BCUT2D eigenvalue weighted by molar-refractivity contribution is -0.155. The van der Waals surface area contributed by atoms with Gasteiger partial charge in [-0.15, -0.1) is 0 Å². The quantitative estimate of drug-likeness (QED) is 0.563. The maximum absolute atomic E-state index is 11.9. The summed E-state index contributed by atoms with van der Waals surface area (Å²) in [6, 6.07) is 1.65. The molecule has 0 saturated carbocycles. The second-order valence-corrected chi connectivity index (χ2v) is 6.64. The van der Waals surface area contributed by atoms with E-state index in [0.29, 0.717) is 20.3 Å². The molecule has 2 rings (SSSR count). The molecule has 0 atom stereocenters. The summed E-state index contributed by atoms with van der Waals surface area (Å²) in [7, 11) is 1.31. The monoisotopic (exact) mass is 417 g/mol. The van der Waals surface area contributed by atoms with Gasteiger partial charge in [0.2, 0.25) is 0 Å². The van der Waals surface area contributed by atoms with Crippen molar-refractivity contribution in [3.63, 3.8) is 0 Å². The molecule has 0 bridgehead atoms. The molecular formula is C14H16IN3O4. The average molecular weight is 417 g/mol. The third-order valence-electron chi connectivity index (χ3n) is 2.66. The first kappa shape index (κ1) is 16.7. The van der Waals surface area contributed by atoms with E-state index in [1.165, 1.54) is 18.0 Å². The van der Waals surface area contributed by atoms with Gasteiger partial charge >= 0.3 is 11.9 Å². The van der Waals surface area contributed by atoms with Crippen molar-refractivity contribution in [1.82, 2.24) is 14.8 Å². The van der Waals surface area contributed by atoms with Crippen molar-refractivity contribution in [3.05, 3.63) is 21.5 Å². The molecule has 118 valence electrons. The van der Waals surface area contributed by atoms with Gasteiger partial charge in [0.1, 0.15) is 15.8 Å². The van der Waals surface area contributed by atoms with Gasteiger partial charge in [-0.25, -0.2) is 14.5 Å². The number of ether oxygens (including phenoxy) is 2. The Hall–Kier alpha value is -1.71. The molecular weight excluding hydrogens is 401 g/mol. The van der Waals surface area contributed by atoms with Crippen molar-refractivity contribution in [1.29, 1.82) is 0 Å². The van der Waals surface area contributed by atoms with E-state index in [9.17, 15) is 9.59 Å². The summed E-state index contributed by atoms with van der Waals surface area (Å²) in [4.78, 5) is 27.7. The van der Waals surface area contributed by atoms with Crippen molar-refractivity contribution in [2.75, 3.05) is 7.11 Å². The van der Waals surface area contributed by atoms with Gasteiger partial charge in [-0.3, -0.25) is 4.79 Å². The zero-order valence-electron chi connectivity index (χ0n) is 12.7. The van der Waals surface area contributed by atoms with Gasteiger partial charge in [-0.2, -0.15) is 5.10 Å². The number of rotatable bonds is 3. The zero-order chi connectivity index (χ0) is 16.5. The van der Waals surface area contributed by atoms with Crippen molar-refractivity contribution >= 4 is 45.6 Å².